The van der Waals surface area contributed by atoms with Crippen LogP contribution in [0, 0.1) is 13.8 Å². The number of nitrogens with zero attached hydrogens (tertiary/aromatic N) is 1. The first kappa shape index (κ1) is 16.1. The lowest BCUT2D eigenvalue weighted by Crippen LogP contribution is -1.97. The maximum atomic E-state index is 8.99. The van der Waals surface area contributed by atoms with Crippen LogP contribution in [0.15, 0.2) is 85.0 Å². The molecule has 0 saturated carbocycles. The Morgan fingerprint density at radius 3 is 2.19 bits per heavy atom. The van der Waals surface area contributed by atoms with Crippen molar-refractivity contribution in [3.63, 3.8) is 0 Å². The van der Waals surface area contributed by atoms with E-state index in [9.17, 15) is 0 Å². The molecular formula is C26H25N. The minimum absolute atomic E-state index is 0.104. The second kappa shape index (κ2) is 7.28. The molecule has 1 atom stereocenters. The Balaban J connectivity index is 1.89. The van der Waals surface area contributed by atoms with E-state index in [1.165, 1.54) is 27.6 Å². The van der Waals surface area contributed by atoms with E-state index < -0.39 is 0 Å². The Labute approximate surface area is 163 Å². The first-order valence-corrected chi connectivity index (χ1v) is 9.38. The van der Waals surface area contributed by atoms with Gasteiger partial charge in [0.05, 0.1) is 1.37 Å². The van der Waals surface area contributed by atoms with E-state index in [0.29, 0.717) is 6.05 Å². The molecule has 3 aromatic carbocycles. The van der Waals surface area contributed by atoms with Crippen LogP contribution in [-0.4, -0.2) is 4.57 Å². The van der Waals surface area contributed by atoms with E-state index in [1.54, 1.807) is 0 Å². The first-order chi connectivity index (χ1) is 13.5. The molecule has 27 heavy (non-hydrogen) atoms. The Morgan fingerprint density at radius 2 is 1.48 bits per heavy atom. The van der Waals surface area contributed by atoms with Crippen LogP contribution >= 0.6 is 0 Å². The van der Waals surface area contributed by atoms with Crippen molar-refractivity contribution in [2.75, 3.05) is 0 Å². The maximum absolute atomic E-state index is 8.99. The van der Waals surface area contributed by atoms with Crippen molar-refractivity contribution in [1.29, 1.82) is 0 Å². The van der Waals surface area contributed by atoms with Crippen molar-refractivity contribution in [3.8, 4) is 0 Å². The zero-order valence-corrected chi connectivity index (χ0v) is 16.1. The van der Waals surface area contributed by atoms with Gasteiger partial charge in [0.15, 0.2) is 0 Å². The van der Waals surface area contributed by atoms with E-state index in [4.69, 9.17) is 1.37 Å². The zero-order valence-electron chi connectivity index (χ0n) is 17.1. The summed E-state index contributed by atoms with van der Waals surface area (Å²) in [5.74, 6) is -0.104. The summed E-state index contributed by atoms with van der Waals surface area (Å²) in [6.45, 7) is 4.18. The molecule has 1 aromatic heterocycles. The number of allylic oxidation sites excluding steroid dienone is 1. The first-order valence-electron chi connectivity index (χ1n) is 9.88. The van der Waals surface area contributed by atoms with Gasteiger partial charge in [-0.05, 0) is 36.6 Å². The molecule has 0 saturated heterocycles. The van der Waals surface area contributed by atoms with Gasteiger partial charge in [-0.25, -0.2) is 0 Å². The van der Waals surface area contributed by atoms with Crippen molar-refractivity contribution < 1.29 is 1.37 Å². The predicted molar refractivity (Wildman–Crippen MR) is 116 cm³/mol. The van der Waals surface area contributed by atoms with Gasteiger partial charge in [-0.15, -0.1) is 0 Å². The van der Waals surface area contributed by atoms with Gasteiger partial charge >= 0.3 is 0 Å². The molecule has 0 N–H and O–H groups in total. The number of hydrogen-bond acceptors (Lipinski definition) is 0. The van der Waals surface area contributed by atoms with Crippen LogP contribution in [0.2, 0.25) is 0 Å². The van der Waals surface area contributed by atoms with Gasteiger partial charge in [-0.3, -0.25) is 0 Å². The molecule has 0 aliphatic carbocycles. The number of hydrogen-bond donors (Lipinski definition) is 0. The molecule has 0 amide bonds. The predicted octanol–water partition coefficient (Wildman–Crippen LogP) is 6.64. The average Bonchev–Trinajstić information content (AvgIpc) is 3.02. The highest BCUT2D eigenvalue weighted by Crippen LogP contribution is 2.33. The molecule has 0 radical (unpaired) electrons. The van der Waals surface area contributed by atoms with Crippen molar-refractivity contribution >= 4 is 17.0 Å². The zero-order chi connectivity index (χ0) is 19.7. The quantitative estimate of drug-likeness (QED) is 0.388. The van der Waals surface area contributed by atoms with Crippen molar-refractivity contribution in [2.24, 2.45) is 7.05 Å². The molecule has 4 aromatic rings. The molecule has 134 valence electrons. The van der Waals surface area contributed by atoms with Crippen molar-refractivity contribution in [3.05, 3.63) is 113 Å². The highest BCUT2D eigenvalue weighted by molar-refractivity contribution is 5.85. The van der Waals surface area contributed by atoms with E-state index in [2.05, 4.69) is 104 Å². The third-order valence-corrected chi connectivity index (χ3v) is 5.14. The fourth-order valence-electron chi connectivity index (χ4n) is 3.57. The monoisotopic (exact) mass is 352 g/mol. The van der Waals surface area contributed by atoms with Crippen LogP contribution in [0.3, 0.4) is 0 Å². The molecule has 0 aliphatic heterocycles. The fraction of sp³-hybridized carbons (Fsp3) is 0.154. The van der Waals surface area contributed by atoms with Gasteiger partial charge in [0.2, 0.25) is 0 Å². The second-order valence-corrected chi connectivity index (χ2v) is 7.28. The largest absolute Gasteiger partial charge is 0.350 e. The summed E-state index contributed by atoms with van der Waals surface area (Å²) in [4.78, 5) is 0. The summed E-state index contributed by atoms with van der Waals surface area (Å²) < 4.78 is 11.1. The summed E-state index contributed by atoms with van der Waals surface area (Å²) >= 11 is 0. The molecule has 0 fully saturated rings. The van der Waals surface area contributed by atoms with Crippen LogP contribution in [0.25, 0.3) is 17.0 Å². The topological polar surface area (TPSA) is 4.93 Å². The van der Waals surface area contributed by atoms with Gasteiger partial charge in [0.25, 0.3) is 0 Å². The van der Waals surface area contributed by atoms with E-state index in [1.807, 2.05) is 6.08 Å². The molecule has 0 bridgehead atoms. The lowest BCUT2D eigenvalue weighted by Gasteiger charge is -2.14. The Hall–Kier alpha value is -3.06. The molecular weight excluding hydrogens is 326 g/mol. The Kier molecular flexibility index (Phi) is 4.35. The van der Waals surface area contributed by atoms with Crippen LogP contribution in [0.1, 0.15) is 35.1 Å². The average molecular weight is 352 g/mol. The summed E-state index contributed by atoms with van der Waals surface area (Å²) in [5.41, 5.74) is 7.04. The van der Waals surface area contributed by atoms with Crippen molar-refractivity contribution in [1.82, 2.24) is 4.57 Å². The minimum Gasteiger partial charge on any atom is -0.350 e. The number of rotatable bonds is 4. The molecule has 1 unspecified atom stereocenters. The number of fused-ring (bicyclic) bond motifs is 1. The number of benzene rings is 3. The van der Waals surface area contributed by atoms with Gasteiger partial charge in [-0.2, -0.15) is 0 Å². The third kappa shape index (κ3) is 3.59. The molecule has 4 rings (SSSR count). The molecule has 1 nitrogen and oxygen atoms in total. The summed E-state index contributed by atoms with van der Waals surface area (Å²) in [5, 5.41) is 1.21. The van der Waals surface area contributed by atoms with Gasteiger partial charge in [0.1, 0.15) is 0 Å². The molecule has 0 aliphatic rings. The van der Waals surface area contributed by atoms with E-state index in [-0.39, 0.29) is 5.92 Å². The number of aryl methyl sites for hydroxylation is 3. The van der Waals surface area contributed by atoms with Gasteiger partial charge in [-0.1, -0.05) is 90.0 Å². The summed E-state index contributed by atoms with van der Waals surface area (Å²) in [6.07, 6.45) is 4.17. The second-order valence-electron chi connectivity index (χ2n) is 7.28. The van der Waals surface area contributed by atoms with Crippen LogP contribution in [-0.2, 0) is 7.05 Å². The van der Waals surface area contributed by atoms with E-state index in [0.717, 1.165) is 11.1 Å². The summed E-state index contributed by atoms with van der Waals surface area (Å²) in [7, 11) is 2.07. The van der Waals surface area contributed by atoms with Crippen molar-refractivity contribution in [2.45, 2.75) is 19.8 Å². The molecule has 1 heteroatoms. The van der Waals surface area contributed by atoms with Crippen LogP contribution in [0.5, 0.6) is 0 Å². The Morgan fingerprint density at radius 1 is 0.852 bits per heavy atom. The van der Waals surface area contributed by atoms with Gasteiger partial charge < -0.3 is 4.57 Å². The maximum Gasteiger partial charge on any atom is 0.0586 e. The highest BCUT2D eigenvalue weighted by atomic mass is 14.9. The number of aromatic nitrogens is 1. The number of para-hydroxylation sites is 1. The third-order valence-electron chi connectivity index (χ3n) is 5.14. The highest BCUT2D eigenvalue weighted by Gasteiger charge is 2.16. The standard InChI is InChI=1S/C26H25N/c1-19-8-12-21(13-9-19)14-17-23(22-15-10-20(2)11-16-22)25-18-27(3)26-7-5-4-6-24(25)26/h4-18,23H,1-3H3/b17-14+/i17D. The fourth-order valence-corrected chi connectivity index (χ4v) is 3.57. The minimum atomic E-state index is -0.104. The lowest BCUT2D eigenvalue weighted by molar-refractivity contribution is 0.941. The lowest BCUT2D eigenvalue weighted by atomic mass is 9.89. The van der Waals surface area contributed by atoms with Crippen LogP contribution < -0.4 is 0 Å². The molecule has 0 spiro atoms. The Bertz CT molecular complexity index is 1130. The SMILES string of the molecule is [2H]/C(=C\c1ccc(C)cc1)C(c1ccc(C)cc1)c1cn(C)c2ccccc12. The molecule has 1 heterocycles. The van der Waals surface area contributed by atoms with Crippen LogP contribution in [0.4, 0.5) is 0 Å². The van der Waals surface area contributed by atoms with Gasteiger partial charge in [0, 0.05) is 30.1 Å². The normalized spacial score (nSPS) is 13.6. The summed E-state index contributed by atoms with van der Waals surface area (Å²) in [6, 6.07) is 26.0. The smallest absolute Gasteiger partial charge is 0.0586 e. The van der Waals surface area contributed by atoms with E-state index >= 15 is 0 Å².